The number of carbonyl (C=O) groups excluding carboxylic acids is 1. The highest BCUT2D eigenvalue weighted by atomic mass is 35.5. The minimum atomic E-state index is -3.39. The summed E-state index contributed by atoms with van der Waals surface area (Å²) in [6, 6.07) is 1.36. The molecule has 1 saturated carbocycles. The molecule has 2 aromatic rings. The molecule has 4 rings (SSSR count). The van der Waals surface area contributed by atoms with Gasteiger partial charge in [0.05, 0.1) is 16.5 Å². The van der Waals surface area contributed by atoms with E-state index in [2.05, 4.69) is 30.3 Å². The fourth-order valence-electron chi connectivity index (χ4n) is 4.44. The Kier molecular flexibility index (Phi) is 9.23. The molecule has 2 atom stereocenters. The highest BCUT2D eigenvalue weighted by molar-refractivity contribution is 7.90. The molecule has 37 heavy (non-hydrogen) atoms. The summed E-state index contributed by atoms with van der Waals surface area (Å²) < 4.78 is 32.4. The number of amides is 1. The molecule has 2 aromatic heterocycles. The van der Waals surface area contributed by atoms with Crippen molar-refractivity contribution < 1.29 is 17.9 Å². The molecule has 13 heteroatoms. The molecule has 10 nitrogen and oxygen atoms in total. The van der Waals surface area contributed by atoms with Gasteiger partial charge in [0.15, 0.2) is 5.15 Å². The zero-order chi connectivity index (χ0) is 26.6. The van der Waals surface area contributed by atoms with Crippen molar-refractivity contribution in [2.24, 2.45) is 11.8 Å². The lowest BCUT2D eigenvalue weighted by Gasteiger charge is -2.22. The van der Waals surface area contributed by atoms with Crippen LogP contribution in [0.2, 0.25) is 10.2 Å². The molecule has 2 fully saturated rings. The van der Waals surface area contributed by atoms with Crippen LogP contribution in [0.3, 0.4) is 0 Å². The van der Waals surface area contributed by atoms with E-state index in [0.29, 0.717) is 53.1 Å². The summed E-state index contributed by atoms with van der Waals surface area (Å²) in [5, 5.41) is 6.11. The van der Waals surface area contributed by atoms with Crippen LogP contribution in [0.1, 0.15) is 46.0 Å². The Labute approximate surface area is 227 Å². The predicted octanol–water partition coefficient (Wildman–Crippen LogP) is 4.12. The number of halogens is 2. The summed E-state index contributed by atoms with van der Waals surface area (Å²) in [6.07, 6.45) is 6.60. The van der Waals surface area contributed by atoms with Crippen molar-refractivity contribution in [3.8, 4) is 11.3 Å². The number of anilines is 2. The van der Waals surface area contributed by atoms with Crippen LogP contribution in [0.5, 0.6) is 0 Å². The molecule has 0 bridgehead atoms. The zero-order valence-electron chi connectivity index (χ0n) is 20.8. The van der Waals surface area contributed by atoms with Crippen LogP contribution in [-0.4, -0.2) is 60.3 Å². The minimum Gasteiger partial charge on any atom is -0.381 e. The van der Waals surface area contributed by atoms with E-state index in [9.17, 15) is 13.2 Å². The Hall–Kier alpha value is -2.05. The first-order valence-corrected chi connectivity index (χ1v) is 14.7. The number of ether oxygens (including phenoxy) is 1. The van der Waals surface area contributed by atoms with Gasteiger partial charge < -0.3 is 15.4 Å². The van der Waals surface area contributed by atoms with Crippen LogP contribution < -0.4 is 15.4 Å². The van der Waals surface area contributed by atoms with E-state index in [-0.39, 0.29) is 23.0 Å². The minimum absolute atomic E-state index is 0.179. The predicted molar refractivity (Wildman–Crippen MR) is 144 cm³/mol. The Morgan fingerprint density at radius 3 is 2.59 bits per heavy atom. The number of hydrogen-bond acceptors (Lipinski definition) is 8. The van der Waals surface area contributed by atoms with Crippen LogP contribution in [0, 0.1) is 11.8 Å². The first-order chi connectivity index (χ1) is 17.6. The largest absolute Gasteiger partial charge is 0.381 e. The zero-order valence-corrected chi connectivity index (χ0v) is 23.2. The van der Waals surface area contributed by atoms with Gasteiger partial charge in [-0.25, -0.2) is 28.1 Å². The molecule has 1 aliphatic carbocycles. The van der Waals surface area contributed by atoms with Gasteiger partial charge in [0.25, 0.3) is 0 Å². The first kappa shape index (κ1) is 28.0. The van der Waals surface area contributed by atoms with E-state index in [1.54, 1.807) is 26.1 Å². The summed E-state index contributed by atoms with van der Waals surface area (Å²) in [6.45, 7) is 5.53. The Morgan fingerprint density at radius 2 is 1.86 bits per heavy atom. The van der Waals surface area contributed by atoms with Crippen LogP contribution in [0.25, 0.3) is 11.3 Å². The van der Waals surface area contributed by atoms with Crippen molar-refractivity contribution in [3.63, 3.8) is 0 Å². The first-order valence-electron chi connectivity index (χ1n) is 12.4. The second-order valence-corrected chi connectivity index (χ2v) is 12.8. The standard InChI is InChI=1S/C24H32Cl2N6O4S/c1-14(2)37(34,35)32-17-4-3-16(9-17)24(33)31-20-10-18(19(25)12-28-20)22-23(26)29-13-21(30-22)27-11-15-5-7-36-8-6-15/h10,12-17,32H,3-9,11H2,1-2H3,(H,27,30)(H,28,31,33)/t16-,17+/m0/s1. The number of nitrogens with one attached hydrogen (secondary N) is 3. The normalized spacial score (nSPS) is 20.8. The molecule has 3 heterocycles. The van der Waals surface area contributed by atoms with E-state index >= 15 is 0 Å². The molecule has 3 N–H and O–H groups in total. The van der Waals surface area contributed by atoms with E-state index in [1.807, 2.05) is 0 Å². The monoisotopic (exact) mass is 570 g/mol. The fraction of sp³-hybridized carbons (Fsp3) is 0.583. The summed E-state index contributed by atoms with van der Waals surface area (Å²) in [5.74, 6) is 0.814. The number of hydrogen-bond donors (Lipinski definition) is 3. The third-order valence-electron chi connectivity index (χ3n) is 6.76. The maximum atomic E-state index is 12.9. The number of nitrogens with zero attached hydrogens (tertiary/aromatic N) is 3. The number of aromatic nitrogens is 3. The average Bonchev–Trinajstić information content (AvgIpc) is 3.33. The molecule has 0 aromatic carbocycles. The van der Waals surface area contributed by atoms with Crippen molar-refractivity contribution in [3.05, 3.63) is 28.6 Å². The molecular formula is C24H32Cl2N6O4S. The van der Waals surface area contributed by atoms with E-state index in [0.717, 1.165) is 32.6 Å². The van der Waals surface area contributed by atoms with Gasteiger partial charge in [-0.3, -0.25) is 4.79 Å². The maximum Gasteiger partial charge on any atom is 0.228 e. The highest BCUT2D eigenvalue weighted by Gasteiger charge is 2.33. The number of sulfonamides is 1. The van der Waals surface area contributed by atoms with Crippen molar-refractivity contribution in [1.29, 1.82) is 0 Å². The third-order valence-corrected chi connectivity index (χ3v) is 9.24. The van der Waals surface area contributed by atoms with Crippen molar-refractivity contribution >= 4 is 50.8 Å². The van der Waals surface area contributed by atoms with Gasteiger partial charge >= 0.3 is 0 Å². The summed E-state index contributed by atoms with van der Waals surface area (Å²) in [5.41, 5.74) is 0.874. The Bertz CT molecular complexity index is 1220. The van der Waals surface area contributed by atoms with Gasteiger partial charge in [-0.15, -0.1) is 0 Å². The summed E-state index contributed by atoms with van der Waals surface area (Å²) >= 11 is 12.8. The highest BCUT2D eigenvalue weighted by Crippen LogP contribution is 2.33. The number of rotatable bonds is 9. The molecule has 2 aliphatic rings. The van der Waals surface area contributed by atoms with Crippen LogP contribution in [0.4, 0.5) is 11.6 Å². The molecule has 0 unspecified atom stereocenters. The molecular weight excluding hydrogens is 539 g/mol. The fourth-order valence-corrected chi connectivity index (χ4v) is 5.78. The lowest BCUT2D eigenvalue weighted by molar-refractivity contribution is -0.119. The molecule has 1 amide bonds. The molecule has 1 saturated heterocycles. The van der Waals surface area contributed by atoms with E-state index in [1.165, 1.54) is 6.20 Å². The number of pyridine rings is 1. The van der Waals surface area contributed by atoms with Gasteiger partial charge in [0.1, 0.15) is 17.3 Å². The van der Waals surface area contributed by atoms with Gasteiger partial charge in [-0.05, 0) is 57.9 Å². The van der Waals surface area contributed by atoms with Gasteiger partial charge in [-0.1, -0.05) is 23.2 Å². The Balaban J connectivity index is 1.43. The second kappa shape index (κ2) is 12.2. The van der Waals surface area contributed by atoms with Crippen molar-refractivity contribution in [2.45, 2.75) is 57.2 Å². The van der Waals surface area contributed by atoms with Crippen LogP contribution in [0.15, 0.2) is 18.5 Å². The number of carbonyl (C=O) groups is 1. The lowest BCUT2D eigenvalue weighted by atomic mass is 10.0. The van der Waals surface area contributed by atoms with Crippen molar-refractivity contribution in [1.82, 2.24) is 19.7 Å². The smallest absolute Gasteiger partial charge is 0.228 e. The Morgan fingerprint density at radius 1 is 1.11 bits per heavy atom. The van der Waals surface area contributed by atoms with E-state index < -0.39 is 15.3 Å². The van der Waals surface area contributed by atoms with Gasteiger partial charge in [-0.2, -0.15) is 0 Å². The SMILES string of the molecule is CC(C)S(=O)(=O)N[C@@H]1CC[C@H](C(=O)Nc2cc(-c3nc(NCC4CCOCC4)cnc3Cl)c(Cl)cn2)C1. The molecule has 1 aliphatic heterocycles. The van der Waals surface area contributed by atoms with Crippen LogP contribution in [-0.2, 0) is 19.6 Å². The maximum absolute atomic E-state index is 12.9. The molecule has 202 valence electrons. The summed E-state index contributed by atoms with van der Waals surface area (Å²) in [4.78, 5) is 26.0. The quantitative estimate of drug-likeness (QED) is 0.409. The van der Waals surface area contributed by atoms with Crippen molar-refractivity contribution in [2.75, 3.05) is 30.4 Å². The van der Waals surface area contributed by atoms with Gasteiger partial charge in [0.2, 0.25) is 15.9 Å². The van der Waals surface area contributed by atoms with Gasteiger partial charge in [0, 0.05) is 43.5 Å². The van der Waals surface area contributed by atoms with E-state index in [4.69, 9.17) is 27.9 Å². The lowest BCUT2D eigenvalue weighted by Crippen LogP contribution is -2.38. The topological polar surface area (TPSA) is 135 Å². The third kappa shape index (κ3) is 7.29. The average molecular weight is 572 g/mol. The molecule has 0 spiro atoms. The molecule has 0 radical (unpaired) electrons. The summed E-state index contributed by atoms with van der Waals surface area (Å²) in [7, 11) is -3.39. The van der Waals surface area contributed by atoms with Crippen LogP contribution >= 0.6 is 23.2 Å². The second-order valence-electron chi connectivity index (χ2n) is 9.79.